The minimum atomic E-state index is -0.329. The van der Waals surface area contributed by atoms with E-state index in [0.29, 0.717) is 31.9 Å². The molecule has 1 aliphatic heterocycles. The second-order valence-electron chi connectivity index (χ2n) is 7.75. The van der Waals surface area contributed by atoms with Gasteiger partial charge in [0.2, 0.25) is 0 Å². The molecule has 1 fully saturated rings. The number of carbonyl (C=O) groups is 1. The summed E-state index contributed by atoms with van der Waals surface area (Å²) < 4.78 is 13.0. The van der Waals surface area contributed by atoms with Crippen LogP contribution >= 0.6 is 0 Å². The first kappa shape index (κ1) is 19.9. The molecule has 5 rings (SSSR count). The number of aromatic nitrogens is 2. The van der Waals surface area contributed by atoms with Crippen LogP contribution in [0.2, 0.25) is 0 Å². The third-order valence-electron chi connectivity index (χ3n) is 5.68. The Morgan fingerprint density at radius 1 is 0.812 bits per heavy atom. The molecule has 0 saturated carbocycles. The number of rotatable bonds is 3. The molecule has 1 N–H and O–H groups in total. The summed E-state index contributed by atoms with van der Waals surface area (Å²) in [5.74, 6) is 0.470. The summed E-state index contributed by atoms with van der Waals surface area (Å²) in [4.78, 5) is 16.3. The monoisotopic (exact) mass is 427 g/mol. The Morgan fingerprint density at radius 2 is 1.56 bits per heavy atom. The van der Waals surface area contributed by atoms with Gasteiger partial charge in [0.1, 0.15) is 5.82 Å². The van der Waals surface area contributed by atoms with Crippen LogP contribution in [0.15, 0.2) is 78.9 Å². The Labute approximate surface area is 185 Å². The lowest BCUT2D eigenvalue weighted by Gasteiger charge is -2.35. The third-order valence-corrected chi connectivity index (χ3v) is 5.68. The van der Waals surface area contributed by atoms with Crippen molar-refractivity contribution in [1.29, 1.82) is 0 Å². The van der Waals surface area contributed by atoms with Crippen LogP contribution in [0.4, 0.5) is 20.7 Å². The molecule has 0 aliphatic carbocycles. The fraction of sp³-hybridized carbons (Fsp3) is 0.160. The van der Waals surface area contributed by atoms with Gasteiger partial charge in [-0.3, -0.25) is 0 Å². The maximum absolute atomic E-state index is 13.0. The van der Waals surface area contributed by atoms with Crippen LogP contribution in [0.5, 0.6) is 0 Å². The lowest BCUT2D eigenvalue weighted by atomic mass is 10.1. The summed E-state index contributed by atoms with van der Waals surface area (Å²) in [6, 6.07) is 24.1. The number of hydrogen-bond acceptors (Lipinski definition) is 4. The van der Waals surface area contributed by atoms with Gasteiger partial charge in [0, 0.05) is 37.4 Å². The van der Waals surface area contributed by atoms with Gasteiger partial charge in [-0.1, -0.05) is 36.4 Å². The zero-order valence-electron chi connectivity index (χ0n) is 17.4. The number of carbonyl (C=O) groups excluding carboxylic acids is 1. The molecule has 32 heavy (non-hydrogen) atoms. The van der Waals surface area contributed by atoms with Crippen molar-refractivity contribution >= 4 is 28.3 Å². The Balaban J connectivity index is 1.21. The van der Waals surface area contributed by atoms with Gasteiger partial charge < -0.3 is 15.1 Å². The lowest BCUT2D eigenvalue weighted by molar-refractivity contribution is 0.208. The second kappa shape index (κ2) is 8.63. The summed E-state index contributed by atoms with van der Waals surface area (Å²) >= 11 is 0. The number of nitrogens with zero attached hydrogens (tertiary/aromatic N) is 4. The first-order valence-electron chi connectivity index (χ1n) is 10.5. The van der Waals surface area contributed by atoms with Crippen LogP contribution in [-0.4, -0.2) is 47.3 Å². The first-order valence-corrected chi connectivity index (χ1v) is 10.5. The van der Waals surface area contributed by atoms with Crippen molar-refractivity contribution in [3.05, 3.63) is 84.7 Å². The number of halogens is 1. The zero-order valence-corrected chi connectivity index (χ0v) is 17.4. The van der Waals surface area contributed by atoms with Gasteiger partial charge in [0.25, 0.3) is 0 Å². The zero-order chi connectivity index (χ0) is 21.9. The number of nitrogens with one attached hydrogen (secondary N) is 1. The standard InChI is InChI=1S/C25H22FN5O/c26-21-7-9-22(10-8-21)27-25(32)31-15-13-30(14-16-31)24-12-11-23(28-29-24)20-6-5-18-3-1-2-4-19(18)17-20/h1-12,17H,13-16H2,(H,27,32). The maximum Gasteiger partial charge on any atom is 0.321 e. The van der Waals surface area contributed by atoms with Gasteiger partial charge in [-0.15, -0.1) is 10.2 Å². The fourth-order valence-corrected chi connectivity index (χ4v) is 3.87. The first-order chi connectivity index (χ1) is 15.7. The quantitative estimate of drug-likeness (QED) is 0.511. The molecule has 0 spiro atoms. The van der Waals surface area contributed by atoms with Crippen LogP contribution in [0.3, 0.4) is 0 Å². The summed E-state index contributed by atoms with van der Waals surface area (Å²) in [5, 5.41) is 14.0. The molecular weight excluding hydrogens is 405 g/mol. The molecule has 1 aromatic heterocycles. The van der Waals surface area contributed by atoms with Gasteiger partial charge in [-0.05, 0) is 53.2 Å². The van der Waals surface area contributed by atoms with Crippen molar-refractivity contribution in [2.24, 2.45) is 0 Å². The van der Waals surface area contributed by atoms with Gasteiger partial charge >= 0.3 is 6.03 Å². The normalized spacial score (nSPS) is 13.9. The molecule has 0 radical (unpaired) electrons. The van der Waals surface area contributed by atoms with E-state index in [1.54, 1.807) is 17.0 Å². The molecule has 0 bridgehead atoms. The van der Waals surface area contributed by atoms with E-state index in [2.05, 4.69) is 50.7 Å². The Morgan fingerprint density at radius 3 is 2.28 bits per heavy atom. The summed E-state index contributed by atoms with van der Waals surface area (Å²) in [6.07, 6.45) is 0. The number of fused-ring (bicyclic) bond motifs is 1. The molecule has 0 atom stereocenters. The van der Waals surface area contributed by atoms with Gasteiger partial charge in [0.15, 0.2) is 5.82 Å². The fourth-order valence-electron chi connectivity index (χ4n) is 3.87. The highest BCUT2D eigenvalue weighted by Gasteiger charge is 2.22. The van der Waals surface area contributed by atoms with E-state index in [9.17, 15) is 9.18 Å². The van der Waals surface area contributed by atoms with Crippen LogP contribution < -0.4 is 10.2 Å². The van der Waals surface area contributed by atoms with E-state index in [4.69, 9.17) is 0 Å². The molecule has 2 amide bonds. The van der Waals surface area contributed by atoms with Crippen molar-refractivity contribution in [2.75, 3.05) is 36.4 Å². The van der Waals surface area contributed by atoms with Crippen molar-refractivity contribution < 1.29 is 9.18 Å². The maximum atomic E-state index is 13.0. The number of amides is 2. The Hall–Kier alpha value is -4.00. The number of anilines is 2. The molecule has 3 aromatic carbocycles. The van der Waals surface area contributed by atoms with E-state index in [-0.39, 0.29) is 11.8 Å². The minimum Gasteiger partial charge on any atom is -0.352 e. The summed E-state index contributed by atoms with van der Waals surface area (Å²) in [5.41, 5.74) is 2.44. The largest absolute Gasteiger partial charge is 0.352 e. The van der Waals surface area contributed by atoms with Crippen molar-refractivity contribution in [1.82, 2.24) is 15.1 Å². The average molecular weight is 427 g/mol. The number of piperazine rings is 1. The lowest BCUT2D eigenvalue weighted by Crippen LogP contribution is -2.50. The van der Waals surface area contributed by atoms with Gasteiger partial charge in [-0.2, -0.15) is 0 Å². The highest BCUT2D eigenvalue weighted by molar-refractivity contribution is 5.89. The molecule has 0 unspecified atom stereocenters. The average Bonchev–Trinajstić information content (AvgIpc) is 2.85. The van der Waals surface area contributed by atoms with Crippen molar-refractivity contribution in [3.63, 3.8) is 0 Å². The SMILES string of the molecule is O=C(Nc1ccc(F)cc1)N1CCN(c2ccc(-c3ccc4ccccc4c3)nn2)CC1. The predicted octanol–water partition coefficient (Wildman–Crippen LogP) is 4.79. The van der Waals surface area contributed by atoms with Gasteiger partial charge in [0.05, 0.1) is 5.69 Å². The third kappa shape index (κ3) is 4.23. The molecule has 7 heteroatoms. The van der Waals surface area contributed by atoms with Crippen LogP contribution in [-0.2, 0) is 0 Å². The highest BCUT2D eigenvalue weighted by atomic mass is 19.1. The van der Waals surface area contributed by atoms with E-state index < -0.39 is 0 Å². The molecule has 6 nitrogen and oxygen atoms in total. The van der Waals surface area contributed by atoms with Crippen molar-refractivity contribution in [2.45, 2.75) is 0 Å². The Kier molecular flexibility index (Phi) is 5.37. The Bertz CT molecular complexity index is 1240. The second-order valence-corrected chi connectivity index (χ2v) is 7.75. The van der Waals surface area contributed by atoms with E-state index in [0.717, 1.165) is 17.1 Å². The number of benzene rings is 3. The number of hydrogen-bond donors (Lipinski definition) is 1. The highest BCUT2D eigenvalue weighted by Crippen LogP contribution is 2.24. The molecule has 1 saturated heterocycles. The molecule has 2 heterocycles. The predicted molar refractivity (Wildman–Crippen MR) is 124 cm³/mol. The number of urea groups is 1. The minimum absolute atomic E-state index is 0.186. The molecule has 1 aliphatic rings. The van der Waals surface area contributed by atoms with E-state index in [1.165, 1.54) is 22.9 Å². The molecular formula is C25H22FN5O. The topological polar surface area (TPSA) is 61.4 Å². The molecule has 4 aromatic rings. The van der Waals surface area contributed by atoms with Crippen LogP contribution in [0.1, 0.15) is 0 Å². The summed E-state index contributed by atoms with van der Waals surface area (Å²) in [6.45, 7) is 2.48. The van der Waals surface area contributed by atoms with Crippen molar-refractivity contribution in [3.8, 4) is 11.3 Å². The summed E-state index contributed by atoms with van der Waals surface area (Å²) in [7, 11) is 0. The van der Waals surface area contributed by atoms with Gasteiger partial charge in [-0.25, -0.2) is 9.18 Å². The smallest absolute Gasteiger partial charge is 0.321 e. The van der Waals surface area contributed by atoms with E-state index >= 15 is 0 Å². The molecule has 160 valence electrons. The van der Waals surface area contributed by atoms with E-state index in [1.807, 2.05) is 24.3 Å². The van der Waals surface area contributed by atoms with Crippen LogP contribution in [0, 0.1) is 5.82 Å². The van der Waals surface area contributed by atoms with Crippen LogP contribution in [0.25, 0.3) is 22.0 Å².